The molecule has 0 spiro atoms. The van der Waals surface area contributed by atoms with Gasteiger partial charge in [0, 0.05) is 18.1 Å². The third-order valence-corrected chi connectivity index (χ3v) is 3.90. The van der Waals surface area contributed by atoms with Crippen molar-refractivity contribution in [2.24, 2.45) is 5.92 Å². The fourth-order valence-corrected chi connectivity index (χ4v) is 2.74. The molecule has 2 heterocycles. The number of carbonyl (C=O) groups excluding carboxylic acids is 1. The van der Waals surface area contributed by atoms with Crippen LogP contribution in [-0.4, -0.2) is 43.8 Å². The van der Waals surface area contributed by atoms with Gasteiger partial charge in [0.1, 0.15) is 16.9 Å². The minimum Gasteiger partial charge on any atom is -0.477 e. The van der Waals surface area contributed by atoms with Crippen LogP contribution in [0, 0.1) is 5.92 Å². The van der Waals surface area contributed by atoms with E-state index in [9.17, 15) is 14.7 Å². The molecule has 2 N–H and O–H groups in total. The van der Waals surface area contributed by atoms with E-state index in [2.05, 4.69) is 15.3 Å². The summed E-state index contributed by atoms with van der Waals surface area (Å²) < 4.78 is 6.82. The van der Waals surface area contributed by atoms with Gasteiger partial charge in [-0.15, -0.1) is 0 Å². The van der Waals surface area contributed by atoms with Gasteiger partial charge in [0.2, 0.25) is 5.28 Å². The molecule has 8 nitrogen and oxygen atoms in total. The number of amides is 1. The number of nitrogens with zero attached hydrogens (tertiary/aromatic N) is 3. The molecule has 142 valence electrons. The van der Waals surface area contributed by atoms with Crippen molar-refractivity contribution >= 4 is 34.7 Å². The van der Waals surface area contributed by atoms with Crippen LogP contribution in [0.4, 0.5) is 4.79 Å². The second kappa shape index (κ2) is 7.49. The SMILES string of the molecule is CC(C)C(CNC(=O)OC(C)(C)C)n1c(C(=O)O)cc2cnc(Cl)nc21. The summed E-state index contributed by atoms with van der Waals surface area (Å²) in [5, 5.41) is 12.9. The summed E-state index contributed by atoms with van der Waals surface area (Å²) in [5.74, 6) is -1.09. The van der Waals surface area contributed by atoms with E-state index in [4.69, 9.17) is 16.3 Å². The van der Waals surface area contributed by atoms with Crippen molar-refractivity contribution in [2.75, 3.05) is 6.54 Å². The van der Waals surface area contributed by atoms with Crippen LogP contribution in [0.25, 0.3) is 11.0 Å². The van der Waals surface area contributed by atoms with E-state index in [-0.39, 0.29) is 29.5 Å². The van der Waals surface area contributed by atoms with Crippen LogP contribution in [0.5, 0.6) is 0 Å². The Bertz CT molecular complexity index is 826. The van der Waals surface area contributed by atoms with E-state index in [1.165, 1.54) is 12.3 Å². The zero-order valence-corrected chi connectivity index (χ0v) is 16.2. The molecule has 0 aliphatic carbocycles. The molecule has 0 bridgehead atoms. The van der Waals surface area contributed by atoms with Crippen LogP contribution < -0.4 is 5.32 Å². The monoisotopic (exact) mass is 382 g/mol. The van der Waals surface area contributed by atoms with Gasteiger partial charge < -0.3 is 19.7 Å². The lowest BCUT2D eigenvalue weighted by molar-refractivity contribution is 0.0516. The van der Waals surface area contributed by atoms with Gasteiger partial charge in [-0.05, 0) is 44.4 Å². The Morgan fingerprint density at radius 1 is 1.38 bits per heavy atom. The molecule has 0 saturated heterocycles. The highest BCUT2D eigenvalue weighted by Gasteiger charge is 2.26. The number of hydrogen-bond acceptors (Lipinski definition) is 5. The van der Waals surface area contributed by atoms with Crippen molar-refractivity contribution in [3.8, 4) is 0 Å². The van der Waals surface area contributed by atoms with E-state index in [1.54, 1.807) is 25.3 Å². The molecule has 0 fully saturated rings. The minimum atomic E-state index is -1.10. The summed E-state index contributed by atoms with van der Waals surface area (Å²) in [6, 6.07) is 1.13. The highest BCUT2D eigenvalue weighted by atomic mass is 35.5. The molecule has 1 amide bonds. The topological polar surface area (TPSA) is 106 Å². The average molecular weight is 383 g/mol. The number of rotatable bonds is 5. The predicted octanol–water partition coefficient (Wildman–Crippen LogP) is 3.50. The van der Waals surface area contributed by atoms with Crippen molar-refractivity contribution in [1.82, 2.24) is 19.9 Å². The van der Waals surface area contributed by atoms with Crippen molar-refractivity contribution in [2.45, 2.75) is 46.3 Å². The van der Waals surface area contributed by atoms with Gasteiger partial charge in [0.15, 0.2) is 0 Å². The Morgan fingerprint density at radius 2 is 2.04 bits per heavy atom. The fourth-order valence-electron chi connectivity index (χ4n) is 2.61. The van der Waals surface area contributed by atoms with Crippen molar-refractivity contribution < 1.29 is 19.4 Å². The first-order chi connectivity index (χ1) is 12.0. The Balaban J connectivity index is 2.40. The summed E-state index contributed by atoms with van der Waals surface area (Å²) in [6.45, 7) is 9.36. The number of carboxylic acids is 1. The van der Waals surface area contributed by atoms with Crippen LogP contribution in [-0.2, 0) is 4.74 Å². The first kappa shape index (κ1) is 20.0. The second-order valence-electron chi connectivity index (χ2n) is 7.32. The highest BCUT2D eigenvalue weighted by molar-refractivity contribution is 6.28. The normalized spacial score (nSPS) is 13.0. The first-order valence-electron chi connectivity index (χ1n) is 8.23. The molecule has 0 aliphatic rings. The first-order valence-corrected chi connectivity index (χ1v) is 8.61. The largest absolute Gasteiger partial charge is 0.477 e. The van der Waals surface area contributed by atoms with Crippen molar-refractivity contribution in [3.63, 3.8) is 0 Å². The highest BCUT2D eigenvalue weighted by Crippen LogP contribution is 2.27. The number of carbonyl (C=O) groups is 2. The van der Waals surface area contributed by atoms with Gasteiger partial charge in [0.05, 0.1) is 6.04 Å². The number of aromatic nitrogens is 3. The Kier molecular flexibility index (Phi) is 5.75. The number of aromatic carboxylic acids is 1. The maximum atomic E-state index is 12.0. The molecule has 2 aromatic rings. The van der Waals surface area contributed by atoms with Crippen molar-refractivity contribution in [1.29, 1.82) is 0 Å². The van der Waals surface area contributed by atoms with E-state index in [0.29, 0.717) is 11.0 Å². The summed E-state index contributed by atoms with van der Waals surface area (Å²) >= 11 is 5.89. The Morgan fingerprint density at radius 3 is 2.58 bits per heavy atom. The number of halogens is 1. The maximum Gasteiger partial charge on any atom is 0.407 e. The molecule has 2 aromatic heterocycles. The molecule has 0 aliphatic heterocycles. The average Bonchev–Trinajstić information content (AvgIpc) is 2.84. The maximum absolute atomic E-state index is 12.0. The standard InChI is InChI=1S/C17H23ClN4O4/c1-9(2)12(8-20-16(25)26-17(3,4)5)22-11(14(23)24)6-10-7-19-15(18)21-13(10)22/h6-7,9,12H,8H2,1-5H3,(H,20,25)(H,23,24). The third kappa shape index (κ3) is 4.63. The molecule has 2 rings (SSSR count). The number of fused-ring (bicyclic) bond motifs is 1. The van der Waals surface area contributed by atoms with Crippen LogP contribution in [0.2, 0.25) is 5.28 Å². The van der Waals surface area contributed by atoms with Gasteiger partial charge in [-0.25, -0.2) is 14.6 Å². The van der Waals surface area contributed by atoms with Gasteiger partial charge in [-0.2, -0.15) is 4.98 Å². The summed E-state index contributed by atoms with van der Waals surface area (Å²) in [6.07, 6.45) is 0.913. The summed E-state index contributed by atoms with van der Waals surface area (Å²) in [4.78, 5) is 31.8. The zero-order valence-electron chi connectivity index (χ0n) is 15.4. The third-order valence-electron chi connectivity index (χ3n) is 3.72. The quantitative estimate of drug-likeness (QED) is 0.766. The lowest BCUT2D eigenvalue weighted by atomic mass is 10.0. The predicted molar refractivity (Wildman–Crippen MR) is 97.6 cm³/mol. The number of nitrogens with one attached hydrogen (secondary N) is 1. The number of ether oxygens (including phenoxy) is 1. The number of hydrogen-bond donors (Lipinski definition) is 2. The molecule has 0 radical (unpaired) electrons. The lowest BCUT2D eigenvalue weighted by Gasteiger charge is -2.26. The van der Waals surface area contributed by atoms with Gasteiger partial charge in [-0.3, -0.25) is 0 Å². The zero-order chi connectivity index (χ0) is 19.6. The molecule has 26 heavy (non-hydrogen) atoms. The van der Waals surface area contributed by atoms with Crippen LogP contribution in [0.3, 0.4) is 0 Å². The second-order valence-corrected chi connectivity index (χ2v) is 7.65. The van der Waals surface area contributed by atoms with Crippen LogP contribution in [0.15, 0.2) is 12.3 Å². The van der Waals surface area contributed by atoms with Crippen LogP contribution in [0.1, 0.15) is 51.1 Å². The van der Waals surface area contributed by atoms with E-state index >= 15 is 0 Å². The summed E-state index contributed by atoms with van der Waals surface area (Å²) in [7, 11) is 0. The summed E-state index contributed by atoms with van der Waals surface area (Å²) in [5.41, 5.74) is -0.154. The number of carboxylic acid groups (broad SMARTS) is 1. The van der Waals surface area contributed by atoms with E-state index < -0.39 is 17.7 Å². The molecule has 0 aromatic carbocycles. The van der Waals surface area contributed by atoms with Gasteiger partial charge in [0.25, 0.3) is 0 Å². The Hall–Kier alpha value is -2.35. The van der Waals surface area contributed by atoms with Gasteiger partial charge in [-0.1, -0.05) is 13.8 Å². The van der Waals surface area contributed by atoms with E-state index in [1.807, 2.05) is 13.8 Å². The minimum absolute atomic E-state index is 0.00683. The molecule has 9 heteroatoms. The molecule has 1 atom stereocenters. The van der Waals surface area contributed by atoms with Crippen molar-refractivity contribution in [3.05, 3.63) is 23.2 Å². The molecule has 0 saturated carbocycles. The lowest BCUT2D eigenvalue weighted by Crippen LogP contribution is -2.37. The van der Waals surface area contributed by atoms with E-state index in [0.717, 1.165) is 0 Å². The fraction of sp³-hybridized carbons (Fsp3) is 0.529. The molecular formula is C17H23ClN4O4. The van der Waals surface area contributed by atoms with Gasteiger partial charge >= 0.3 is 12.1 Å². The van der Waals surface area contributed by atoms with Crippen LogP contribution >= 0.6 is 11.6 Å². The molecular weight excluding hydrogens is 360 g/mol. The number of alkyl carbamates (subject to hydrolysis) is 1. The smallest absolute Gasteiger partial charge is 0.407 e. The Labute approximate surface area is 156 Å². The molecule has 1 unspecified atom stereocenters.